The summed E-state index contributed by atoms with van der Waals surface area (Å²) in [7, 11) is 0. The molecule has 2 rings (SSSR count). The van der Waals surface area contributed by atoms with Crippen molar-refractivity contribution in [2.75, 3.05) is 13.2 Å². The van der Waals surface area contributed by atoms with E-state index in [2.05, 4.69) is 46.8 Å². The Morgan fingerprint density at radius 2 is 1.86 bits per heavy atom. The second-order valence-corrected chi connectivity index (χ2v) is 7.68. The van der Waals surface area contributed by atoms with Gasteiger partial charge in [-0.2, -0.15) is 0 Å². The van der Waals surface area contributed by atoms with Crippen LogP contribution in [0.4, 0.5) is 0 Å². The zero-order valence-corrected chi connectivity index (χ0v) is 14.3. The predicted octanol–water partition coefficient (Wildman–Crippen LogP) is 3.90. The Kier molecular flexibility index (Phi) is 5.11. The van der Waals surface area contributed by atoms with Crippen LogP contribution in [0, 0.1) is 19.8 Å². The van der Waals surface area contributed by atoms with Crippen molar-refractivity contribution in [3.8, 4) is 0 Å². The first-order valence-electron chi connectivity index (χ1n) is 8.23. The van der Waals surface area contributed by atoms with E-state index in [1.165, 1.54) is 28.7 Å². The van der Waals surface area contributed by atoms with Crippen molar-refractivity contribution in [1.29, 1.82) is 0 Å². The van der Waals surface area contributed by atoms with Gasteiger partial charge in [0.1, 0.15) is 0 Å². The van der Waals surface area contributed by atoms with Gasteiger partial charge in [0, 0.05) is 12.6 Å². The topological polar surface area (TPSA) is 35.2 Å². The largest absolute Gasteiger partial charge is 0.381 e. The van der Waals surface area contributed by atoms with E-state index in [4.69, 9.17) is 10.5 Å². The lowest BCUT2D eigenvalue weighted by atomic mass is 9.81. The van der Waals surface area contributed by atoms with Crippen molar-refractivity contribution in [2.45, 2.75) is 65.3 Å². The molecule has 2 atom stereocenters. The van der Waals surface area contributed by atoms with Crippen molar-refractivity contribution in [3.05, 3.63) is 34.4 Å². The van der Waals surface area contributed by atoms with E-state index in [-0.39, 0.29) is 11.5 Å². The van der Waals surface area contributed by atoms with E-state index >= 15 is 0 Å². The fourth-order valence-electron chi connectivity index (χ4n) is 3.25. The second-order valence-electron chi connectivity index (χ2n) is 7.68. The number of benzene rings is 1. The van der Waals surface area contributed by atoms with Gasteiger partial charge in [0.25, 0.3) is 0 Å². The summed E-state index contributed by atoms with van der Waals surface area (Å²) < 4.78 is 5.59. The van der Waals surface area contributed by atoms with Crippen molar-refractivity contribution >= 4 is 0 Å². The molecule has 2 N–H and O–H groups in total. The first kappa shape index (κ1) is 16.5. The molecule has 0 spiro atoms. The van der Waals surface area contributed by atoms with Crippen LogP contribution in [0.2, 0.25) is 0 Å². The van der Waals surface area contributed by atoms with Crippen molar-refractivity contribution in [1.82, 2.24) is 0 Å². The molecule has 118 valence electrons. The zero-order chi connectivity index (χ0) is 15.6. The number of ether oxygens (including phenoxy) is 1. The standard InChI is InChI=1S/C19H31NO/c1-13-9-16(19(3,4)5)10-14(2)17(13)11-18(20)15-7-6-8-21-12-15/h9-10,15,18H,6-8,11-12,20H2,1-5H3. The lowest BCUT2D eigenvalue weighted by molar-refractivity contribution is 0.0449. The van der Waals surface area contributed by atoms with Crippen LogP contribution < -0.4 is 5.73 Å². The molecule has 1 fully saturated rings. The average Bonchev–Trinajstić information content (AvgIpc) is 2.42. The number of hydrogen-bond acceptors (Lipinski definition) is 2. The van der Waals surface area contributed by atoms with Gasteiger partial charge in [0.2, 0.25) is 0 Å². The predicted molar refractivity (Wildman–Crippen MR) is 89.8 cm³/mol. The SMILES string of the molecule is Cc1cc(C(C)(C)C)cc(C)c1CC(N)C1CCCOC1. The lowest BCUT2D eigenvalue weighted by Gasteiger charge is -2.29. The van der Waals surface area contributed by atoms with Gasteiger partial charge >= 0.3 is 0 Å². The summed E-state index contributed by atoms with van der Waals surface area (Å²) in [5.41, 5.74) is 12.3. The molecule has 1 aliphatic heterocycles. The highest BCUT2D eigenvalue weighted by molar-refractivity contribution is 5.41. The van der Waals surface area contributed by atoms with Gasteiger partial charge in [-0.3, -0.25) is 0 Å². The Balaban J connectivity index is 2.16. The van der Waals surface area contributed by atoms with Gasteiger partial charge in [-0.15, -0.1) is 0 Å². The summed E-state index contributed by atoms with van der Waals surface area (Å²) in [6, 6.07) is 4.89. The Labute approximate surface area is 130 Å². The van der Waals surface area contributed by atoms with Gasteiger partial charge in [-0.05, 0) is 66.7 Å². The lowest BCUT2D eigenvalue weighted by Crippen LogP contribution is -2.37. The van der Waals surface area contributed by atoms with E-state index < -0.39 is 0 Å². The highest BCUT2D eigenvalue weighted by Crippen LogP contribution is 2.28. The summed E-state index contributed by atoms with van der Waals surface area (Å²) in [6.45, 7) is 13.0. The Morgan fingerprint density at radius 1 is 1.24 bits per heavy atom. The molecular weight excluding hydrogens is 258 g/mol. The first-order valence-corrected chi connectivity index (χ1v) is 8.23. The second kappa shape index (κ2) is 6.50. The molecule has 2 heteroatoms. The molecule has 21 heavy (non-hydrogen) atoms. The highest BCUT2D eigenvalue weighted by atomic mass is 16.5. The third kappa shape index (κ3) is 4.08. The van der Waals surface area contributed by atoms with Crippen LogP contribution in [0.15, 0.2) is 12.1 Å². The molecule has 0 radical (unpaired) electrons. The zero-order valence-electron chi connectivity index (χ0n) is 14.3. The maximum absolute atomic E-state index is 6.46. The molecule has 1 heterocycles. The van der Waals surface area contributed by atoms with Crippen LogP contribution in [0.1, 0.15) is 55.9 Å². The van der Waals surface area contributed by atoms with Crippen molar-refractivity contribution < 1.29 is 4.74 Å². The minimum Gasteiger partial charge on any atom is -0.381 e. The van der Waals surface area contributed by atoms with Crippen molar-refractivity contribution in [3.63, 3.8) is 0 Å². The minimum atomic E-state index is 0.202. The van der Waals surface area contributed by atoms with Crippen LogP contribution in [0.3, 0.4) is 0 Å². The minimum absolute atomic E-state index is 0.202. The fraction of sp³-hybridized carbons (Fsp3) is 0.684. The quantitative estimate of drug-likeness (QED) is 0.916. The van der Waals surface area contributed by atoms with Gasteiger partial charge in [-0.1, -0.05) is 32.9 Å². The molecule has 0 aromatic heterocycles. The molecule has 2 unspecified atom stereocenters. The summed E-state index contributed by atoms with van der Waals surface area (Å²) >= 11 is 0. The molecule has 0 aliphatic carbocycles. The molecular formula is C19H31NO. The third-order valence-corrected chi connectivity index (χ3v) is 4.80. The van der Waals surface area contributed by atoms with Gasteiger partial charge in [0.05, 0.1) is 6.61 Å². The molecule has 1 saturated heterocycles. The van der Waals surface area contributed by atoms with Crippen LogP contribution in [0.5, 0.6) is 0 Å². The number of hydrogen-bond donors (Lipinski definition) is 1. The summed E-state index contributed by atoms with van der Waals surface area (Å²) in [5, 5.41) is 0. The van der Waals surface area contributed by atoms with E-state index in [1.54, 1.807) is 0 Å². The summed E-state index contributed by atoms with van der Waals surface area (Å²) in [5.74, 6) is 0.514. The molecule has 1 aliphatic rings. The Bertz CT molecular complexity index is 458. The van der Waals surface area contributed by atoms with Crippen LogP contribution >= 0.6 is 0 Å². The molecule has 0 bridgehead atoms. The van der Waals surface area contributed by atoms with E-state index in [1.807, 2.05) is 0 Å². The van der Waals surface area contributed by atoms with Gasteiger partial charge in [0.15, 0.2) is 0 Å². The average molecular weight is 289 g/mol. The maximum atomic E-state index is 6.46. The first-order chi connectivity index (χ1) is 9.79. The normalized spacial score (nSPS) is 21.3. The molecule has 0 saturated carbocycles. The third-order valence-electron chi connectivity index (χ3n) is 4.80. The highest BCUT2D eigenvalue weighted by Gasteiger charge is 2.23. The Morgan fingerprint density at radius 3 is 2.33 bits per heavy atom. The van der Waals surface area contributed by atoms with Crippen molar-refractivity contribution in [2.24, 2.45) is 11.7 Å². The smallest absolute Gasteiger partial charge is 0.0509 e. The summed E-state index contributed by atoms with van der Waals surface area (Å²) in [6.07, 6.45) is 3.33. The van der Waals surface area contributed by atoms with Crippen LogP contribution in [0.25, 0.3) is 0 Å². The number of aryl methyl sites for hydroxylation is 2. The summed E-state index contributed by atoms with van der Waals surface area (Å²) in [4.78, 5) is 0. The monoisotopic (exact) mass is 289 g/mol. The Hall–Kier alpha value is -0.860. The molecule has 1 aromatic carbocycles. The molecule has 2 nitrogen and oxygen atoms in total. The number of nitrogens with two attached hydrogens (primary N) is 1. The van der Waals surface area contributed by atoms with E-state index in [0.717, 1.165) is 26.1 Å². The van der Waals surface area contributed by atoms with E-state index in [9.17, 15) is 0 Å². The molecule has 0 amide bonds. The van der Waals surface area contributed by atoms with Gasteiger partial charge < -0.3 is 10.5 Å². The van der Waals surface area contributed by atoms with Gasteiger partial charge in [-0.25, -0.2) is 0 Å². The number of rotatable bonds is 3. The molecule has 1 aromatic rings. The van der Waals surface area contributed by atoms with Crippen LogP contribution in [-0.4, -0.2) is 19.3 Å². The fourth-order valence-corrected chi connectivity index (χ4v) is 3.25. The van der Waals surface area contributed by atoms with E-state index in [0.29, 0.717) is 5.92 Å². The maximum Gasteiger partial charge on any atom is 0.0509 e. The van der Waals surface area contributed by atoms with Crippen LogP contribution in [-0.2, 0) is 16.6 Å².